The molecule has 0 amide bonds. The van der Waals surface area contributed by atoms with Crippen molar-refractivity contribution < 1.29 is 19.1 Å². The first-order chi connectivity index (χ1) is 14.7. The maximum absolute atomic E-state index is 12.6. The molecule has 4 nitrogen and oxygen atoms in total. The van der Waals surface area contributed by atoms with E-state index in [-0.39, 0.29) is 17.0 Å². The molecule has 1 heterocycles. The molecule has 3 aromatic carbocycles. The first-order valence-corrected chi connectivity index (χ1v) is 10.7. The van der Waals surface area contributed by atoms with Crippen LogP contribution < -0.4 is 9.47 Å². The maximum atomic E-state index is 12.6. The van der Waals surface area contributed by atoms with Crippen LogP contribution in [0.1, 0.15) is 52.6 Å². The van der Waals surface area contributed by atoms with Crippen LogP contribution in [0.15, 0.2) is 77.0 Å². The van der Waals surface area contributed by atoms with Crippen LogP contribution in [0, 0.1) is 0 Å². The van der Waals surface area contributed by atoms with Crippen molar-refractivity contribution in [1.82, 2.24) is 0 Å². The molecule has 5 heteroatoms. The Morgan fingerprint density at radius 1 is 0.968 bits per heavy atom. The summed E-state index contributed by atoms with van der Waals surface area (Å²) < 4.78 is 12.2. The van der Waals surface area contributed by atoms with Crippen LogP contribution in [-0.2, 0) is 5.41 Å². The van der Waals surface area contributed by atoms with E-state index in [2.05, 4.69) is 36.7 Å². The van der Waals surface area contributed by atoms with Crippen LogP contribution >= 0.6 is 15.9 Å². The molecular formula is C26H21BrO4. The fourth-order valence-corrected chi connectivity index (χ4v) is 3.48. The predicted octanol–water partition coefficient (Wildman–Crippen LogP) is 6.58. The van der Waals surface area contributed by atoms with Gasteiger partial charge in [-0.05, 0) is 59.0 Å². The molecule has 0 radical (unpaired) electrons. The number of fused-ring (bicyclic) bond motifs is 1. The van der Waals surface area contributed by atoms with E-state index in [4.69, 9.17) is 9.47 Å². The molecule has 0 saturated heterocycles. The van der Waals surface area contributed by atoms with Crippen molar-refractivity contribution in [1.29, 1.82) is 0 Å². The maximum Gasteiger partial charge on any atom is 0.343 e. The zero-order valence-corrected chi connectivity index (χ0v) is 19.0. The lowest BCUT2D eigenvalue weighted by molar-refractivity contribution is 0.0734. The summed E-state index contributed by atoms with van der Waals surface area (Å²) >= 11 is 3.39. The van der Waals surface area contributed by atoms with Crippen LogP contribution in [0.5, 0.6) is 11.5 Å². The van der Waals surface area contributed by atoms with Crippen molar-refractivity contribution in [2.75, 3.05) is 0 Å². The third-order valence-electron chi connectivity index (χ3n) is 5.01. The van der Waals surface area contributed by atoms with Gasteiger partial charge in [-0.1, -0.05) is 61.0 Å². The minimum Gasteiger partial charge on any atom is -0.452 e. The second-order valence-corrected chi connectivity index (χ2v) is 9.28. The van der Waals surface area contributed by atoms with Gasteiger partial charge in [0.2, 0.25) is 5.78 Å². The van der Waals surface area contributed by atoms with E-state index in [1.807, 2.05) is 36.4 Å². The quantitative estimate of drug-likeness (QED) is 0.243. The van der Waals surface area contributed by atoms with Gasteiger partial charge in [-0.3, -0.25) is 4.79 Å². The van der Waals surface area contributed by atoms with Gasteiger partial charge in [0.05, 0.1) is 11.1 Å². The summed E-state index contributed by atoms with van der Waals surface area (Å²) in [4.78, 5) is 25.2. The molecule has 4 rings (SSSR count). The van der Waals surface area contributed by atoms with E-state index in [1.54, 1.807) is 36.4 Å². The summed E-state index contributed by atoms with van der Waals surface area (Å²) in [6.07, 6.45) is 1.69. The summed E-state index contributed by atoms with van der Waals surface area (Å²) in [6.45, 7) is 6.35. The number of carbonyl (C=O) groups excluding carboxylic acids is 2. The van der Waals surface area contributed by atoms with E-state index >= 15 is 0 Å². The van der Waals surface area contributed by atoms with Crippen molar-refractivity contribution in [3.05, 3.63) is 99.2 Å². The number of ether oxygens (including phenoxy) is 2. The summed E-state index contributed by atoms with van der Waals surface area (Å²) in [5.74, 6) is 0.269. The number of halogens is 1. The predicted molar refractivity (Wildman–Crippen MR) is 124 cm³/mol. The highest BCUT2D eigenvalue weighted by Crippen LogP contribution is 2.35. The lowest BCUT2D eigenvalue weighted by atomic mass is 9.87. The second-order valence-electron chi connectivity index (χ2n) is 8.37. The van der Waals surface area contributed by atoms with E-state index in [0.717, 1.165) is 15.6 Å². The Labute approximate surface area is 189 Å². The molecule has 3 aromatic rings. The molecule has 0 aromatic heterocycles. The van der Waals surface area contributed by atoms with E-state index in [1.165, 1.54) is 0 Å². The van der Waals surface area contributed by atoms with Gasteiger partial charge >= 0.3 is 5.97 Å². The highest BCUT2D eigenvalue weighted by atomic mass is 79.9. The zero-order valence-electron chi connectivity index (χ0n) is 17.4. The largest absolute Gasteiger partial charge is 0.452 e. The third-order valence-corrected chi connectivity index (χ3v) is 5.54. The Hall–Kier alpha value is -3.18. The Morgan fingerprint density at radius 3 is 2.29 bits per heavy atom. The van der Waals surface area contributed by atoms with Gasteiger partial charge in [-0.15, -0.1) is 0 Å². The summed E-state index contributed by atoms with van der Waals surface area (Å²) in [7, 11) is 0. The number of ketones is 1. The normalized spacial score (nSPS) is 14.3. The molecule has 0 bridgehead atoms. The van der Waals surface area contributed by atoms with Crippen molar-refractivity contribution in [3.8, 4) is 11.5 Å². The van der Waals surface area contributed by atoms with Gasteiger partial charge in [0.1, 0.15) is 11.5 Å². The van der Waals surface area contributed by atoms with Crippen molar-refractivity contribution in [2.45, 2.75) is 26.2 Å². The summed E-state index contributed by atoms with van der Waals surface area (Å²) in [5.41, 5.74) is 2.90. The highest BCUT2D eigenvalue weighted by Gasteiger charge is 2.28. The standard InChI is InChI=1S/C26H21BrO4/c1-26(2,3)18-8-6-17(7-9-18)25(29)30-20-12-13-21-22(15-20)31-23(24(21)28)14-16-4-10-19(27)11-5-16/h4-15H,1-3H3/b23-14-. The Kier molecular flexibility index (Phi) is 5.54. The van der Waals surface area contributed by atoms with Crippen LogP contribution in [0.4, 0.5) is 0 Å². The van der Waals surface area contributed by atoms with Gasteiger partial charge in [0, 0.05) is 10.5 Å². The number of Topliss-reactive ketones (excluding diaryl/α,β-unsaturated/α-hetero) is 1. The minimum absolute atomic E-state index is 0.00770. The smallest absolute Gasteiger partial charge is 0.343 e. The van der Waals surface area contributed by atoms with Crippen LogP contribution in [0.2, 0.25) is 0 Å². The summed E-state index contributed by atoms with van der Waals surface area (Å²) in [6, 6.07) is 19.7. The lowest BCUT2D eigenvalue weighted by Crippen LogP contribution is -2.12. The molecule has 0 saturated carbocycles. The highest BCUT2D eigenvalue weighted by molar-refractivity contribution is 9.10. The molecule has 0 unspecified atom stereocenters. The number of hydrogen-bond donors (Lipinski definition) is 0. The first-order valence-electron chi connectivity index (χ1n) is 9.87. The summed E-state index contributed by atoms with van der Waals surface area (Å²) in [5, 5.41) is 0. The average Bonchev–Trinajstić information content (AvgIpc) is 3.04. The topological polar surface area (TPSA) is 52.6 Å². The molecule has 0 spiro atoms. The molecule has 0 atom stereocenters. The van der Waals surface area contributed by atoms with Gasteiger partial charge in [0.25, 0.3) is 0 Å². The molecule has 0 aliphatic carbocycles. The number of hydrogen-bond acceptors (Lipinski definition) is 4. The number of esters is 1. The van der Waals surface area contributed by atoms with Crippen LogP contribution in [0.25, 0.3) is 6.08 Å². The molecule has 31 heavy (non-hydrogen) atoms. The van der Waals surface area contributed by atoms with Crippen molar-refractivity contribution >= 4 is 33.8 Å². The molecule has 1 aliphatic heterocycles. The third kappa shape index (κ3) is 4.62. The molecule has 1 aliphatic rings. The Bertz CT molecular complexity index is 1180. The number of rotatable bonds is 3. The fourth-order valence-electron chi connectivity index (χ4n) is 3.21. The minimum atomic E-state index is -0.463. The van der Waals surface area contributed by atoms with Crippen LogP contribution in [0.3, 0.4) is 0 Å². The van der Waals surface area contributed by atoms with E-state index in [9.17, 15) is 9.59 Å². The number of carbonyl (C=O) groups is 2. The molecule has 0 fully saturated rings. The average molecular weight is 477 g/mol. The zero-order chi connectivity index (χ0) is 22.2. The van der Waals surface area contributed by atoms with Gasteiger partial charge in [-0.2, -0.15) is 0 Å². The van der Waals surface area contributed by atoms with Crippen molar-refractivity contribution in [2.24, 2.45) is 0 Å². The first kappa shape index (κ1) is 21.1. The fraction of sp³-hybridized carbons (Fsp3) is 0.154. The van der Waals surface area contributed by atoms with Gasteiger partial charge in [-0.25, -0.2) is 4.79 Å². The monoisotopic (exact) mass is 476 g/mol. The van der Waals surface area contributed by atoms with Gasteiger partial charge < -0.3 is 9.47 Å². The molecular weight excluding hydrogens is 456 g/mol. The Morgan fingerprint density at radius 2 is 1.65 bits per heavy atom. The van der Waals surface area contributed by atoms with Crippen LogP contribution in [-0.4, -0.2) is 11.8 Å². The van der Waals surface area contributed by atoms with Gasteiger partial charge in [0.15, 0.2) is 5.76 Å². The van der Waals surface area contributed by atoms with E-state index < -0.39 is 5.97 Å². The number of allylic oxidation sites excluding steroid dienone is 1. The SMILES string of the molecule is CC(C)(C)c1ccc(C(=O)Oc2ccc3c(c2)O/C(=C\c2ccc(Br)cc2)C3=O)cc1. The lowest BCUT2D eigenvalue weighted by Gasteiger charge is -2.18. The second kappa shape index (κ2) is 8.16. The number of benzene rings is 3. The molecule has 0 N–H and O–H groups in total. The Balaban J connectivity index is 1.50. The molecule has 156 valence electrons. The van der Waals surface area contributed by atoms with E-state index in [0.29, 0.717) is 22.6 Å². The van der Waals surface area contributed by atoms with Crippen molar-refractivity contribution in [3.63, 3.8) is 0 Å².